The van der Waals surface area contributed by atoms with Crippen molar-refractivity contribution < 1.29 is 8.78 Å². The lowest BCUT2D eigenvalue weighted by molar-refractivity contribution is 0.510. The van der Waals surface area contributed by atoms with Gasteiger partial charge in [-0.2, -0.15) is 0 Å². The molecule has 0 saturated heterocycles. The fourth-order valence-electron chi connectivity index (χ4n) is 2.77. The van der Waals surface area contributed by atoms with Gasteiger partial charge in [-0.15, -0.1) is 0 Å². The minimum absolute atomic E-state index is 0.272. The molecule has 4 heteroatoms. The molecule has 0 atom stereocenters. The molecule has 0 fully saturated rings. The summed E-state index contributed by atoms with van der Waals surface area (Å²) in [6, 6.07) is 2.89. The Labute approximate surface area is 105 Å². The topological polar surface area (TPSA) is 17.0 Å². The molecule has 0 radical (unpaired) electrons. The van der Waals surface area contributed by atoms with Crippen molar-refractivity contribution in [3.8, 4) is 0 Å². The molecule has 0 spiro atoms. The number of nitrogens with zero attached hydrogens (tertiary/aromatic N) is 1. The highest BCUT2D eigenvalue weighted by molar-refractivity contribution is 5.95. The Morgan fingerprint density at radius 3 is 2.67 bits per heavy atom. The Morgan fingerprint density at radius 2 is 1.94 bits per heavy atom. The Bertz CT molecular complexity index is 614. The third-order valence-corrected chi connectivity index (χ3v) is 3.44. The van der Waals surface area contributed by atoms with Gasteiger partial charge in [-0.05, 0) is 32.8 Å². The quantitative estimate of drug-likeness (QED) is 0.860. The standard InChI is InChI=1S/C14H16F2N2/c1-8(2)17-14-9-6-10(15)11(16)7-13(9)18-5-3-4-12(14)18/h6-8,17H,3-5H2,1-2H3. The lowest BCUT2D eigenvalue weighted by Crippen LogP contribution is -2.10. The molecular weight excluding hydrogens is 234 g/mol. The maximum Gasteiger partial charge on any atom is 0.160 e. The second-order valence-corrected chi connectivity index (χ2v) is 5.16. The Hall–Kier alpha value is -1.58. The van der Waals surface area contributed by atoms with Gasteiger partial charge < -0.3 is 9.88 Å². The van der Waals surface area contributed by atoms with Crippen molar-refractivity contribution in [1.29, 1.82) is 0 Å². The minimum Gasteiger partial charge on any atom is -0.381 e. The molecule has 0 unspecified atom stereocenters. The van der Waals surface area contributed by atoms with Gasteiger partial charge in [0.05, 0.1) is 11.2 Å². The summed E-state index contributed by atoms with van der Waals surface area (Å²) in [6.07, 6.45) is 2.03. The van der Waals surface area contributed by atoms with Crippen LogP contribution in [0.4, 0.5) is 14.5 Å². The lowest BCUT2D eigenvalue weighted by Gasteiger charge is -2.10. The van der Waals surface area contributed by atoms with E-state index in [0.29, 0.717) is 0 Å². The molecule has 0 saturated carbocycles. The van der Waals surface area contributed by atoms with Crippen LogP contribution in [0.15, 0.2) is 12.1 Å². The van der Waals surface area contributed by atoms with Gasteiger partial charge in [-0.1, -0.05) is 0 Å². The molecule has 1 aliphatic rings. The van der Waals surface area contributed by atoms with Crippen molar-refractivity contribution in [2.45, 2.75) is 39.3 Å². The van der Waals surface area contributed by atoms with Gasteiger partial charge >= 0.3 is 0 Å². The number of rotatable bonds is 2. The molecule has 2 nitrogen and oxygen atoms in total. The molecule has 1 N–H and O–H groups in total. The third kappa shape index (κ3) is 1.59. The van der Waals surface area contributed by atoms with Crippen LogP contribution in [-0.4, -0.2) is 10.6 Å². The van der Waals surface area contributed by atoms with Gasteiger partial charge in [-0.25, -0.2) is 8.78 Å². The van der Waals surface area contributed by atoms with Crippen molar-refractivity contribution in [2.75, 3.05) is 5.32 Å². The predicted molar refractivity (Wildman–Crippen MR) is 68.9 cm³/mol. The summed E-state index contributed by atoms with van der Waals surface area (Å²) in [5.74, 6) is -1.55. The fourth-order valence-corrected chi connectivity index (χ4v) is 2.77. The highest BCUT2D eigenvalue weighted by Gasteiger charge is 2.23. The van der Waals surface area contributed by atoms with Gasteiger partial charge in [-0.3, -0.25) is 0 Å². The molecule has 3 rings (SSSR count). The van der Waals surface area contributed by atoms with Crippen molar-refractivity contribution in [1.82, 2.24) is 4.57 Å². The van der Waals surface area contributed by atoms with Gasteiger partial charge in [0.25, 0.3) is 0 Å². The number of halogens is 2. The SMILES string of the molecule is CC(C)Nc1c2n(c3cc(F)c(F)cc13)CCC2. The van der Waals surface area contributed by atoms with Crippen LogP contribution < -0.4 is 5.32 Å². The smallest absolute Gasteiger partial charge is 0.160 e. The summed E-state index contributed by atoms with van der Waals surface area (Å²) in [5.41, 5.74) is 2.93. The van der Waals surface area contributed by atoms with Crippen molar-refractivity contribution in [3.05, 3.63) is 29.5 Å². The molecule has 1 aliphatic heterocycles. The van der Waals surface area contributed by atoms with E-state index in [1.165, 1.54) is 17.8 Å². The summed E-state index contributed by atoms with van der Waals surface area (Å²) in [4.78, 5) is 0. The van der Waals surface area contributed by atoms with Gasteiger partial charge in [0.1, 0.15) is 0 Å². The Kier molecular flexibility index (Phi) is 2.54. The number of fused-ring (bicyclic) bond motifs is 3. The average Bonchev–Trinajstić information content (AvgIpc) is 2.85. The van der Waals surface area contributed by atoms with Crippen LogP contribution >= 0.6 is 0 Å². The van der Waals surface area contributed by atoms with Crippen molar-refractivity contribution >= 4 is 16.6 Å². The Morgan fingerprint density at radius 1 is 1.22 bits per heavy atom. The second kappa shape index (κ2) is 3.97. The van der Waals surface area contributed by atoms with Crippen molar-refractivity contribution in [2.24, 2.45) is 0 Å². The minimum atomic E-state index is -0.779. The third-order valence-electron chi connectivity index (χ3n) is 3.44. The zero-order valence-corrected chi connectivity index (χ0v) is 10.6. The molecule has 96 valence electrons. The van der Waals surface area contributed by atoms with E-state index in [0.717, 1.165) is 36.0 Å². The van der Waals surface area contributed by atoms with E-state index >= 15 is 0 Å². The largest absolute Gasteiger partial charge is 0.381 e. The number of aryl methyl sites for hydroxylation is 1. The zero-order valence-electron chi connectivity index (χ0n) is 10.6. The molecule has 0 amide bonds. The van der Waals surface area contributed by atoms with E-state index in [1.807, 2.05) is 13.8 Å². The van der Waals surface area contributed by atoms with Gasteiger partial charge in [0, 0.05) is 29.7 Å². The zero-order chi connectivity index (χ0) is 12.9. The first kappa shape index (κ1) is 11.5. The maximum absolute atomic E-state index is 13.4. The molecule has 18 heavy (non-hydrogen) atoms. The summed E-state index contributed by atoms with van der Waals surface area (Å²) >= 11 is 0. The first-order chi connectivity index (χ1) is 8.58. The highest BCUT2D eigenvalue weighted by atomic mass is 19.2. The molecular formula is C14H16F2N2. The predicted octanol–water partition coefficient (Wildman–Crippen LogP) is 3.69. The fraction of sp³-hybridized carbons (Fsp3) is 0.429. The lowest BCUT2D eigenvalue weighted by atomic mass is 10.1. The Balaban J connectivity index is 2.29. The summed E-state index contributed by atoms with van der Waals surface area (Å²) in [7, 11) is 0. The monoisotopic (exact) mass is 250 g/mol. The van der Waals surface area contributed by atoms with E-state index < -0.39 is 11.6 Å². The van der Waals surface area contributed by atoms with E-state index in [1.54, 1.807) is 0 Å². The second-order valence-electron chi connectivity index (χ2n) is 5.16. The molecule has 1 aromatic heterocycles. The number of hydrogen-bond acceptors (Lipinski definition) is 1. The van der Waals surface area contributed by atoms with E-state index in [9.17, 15) is 8.78 Å². The van der Waals surface area contributed by atoms with Crippen LogP contribution in [-0.2, 0) is 13.0 Å². The van der Waals surface area contributed by atoms with E-state index in [2.05, 4.69) is 9.88 Å². The van der Waals surface area contributed by atoms with Gasteiger partial charge in [0.2, 0.25) is 0 Å². The average molecular weight is 250 g/mol. The van der Waals surface area contributed by atoms with Crippen LogP contribution in [0, 0.1) is 11.6 Å². The molecule has 1 aromatic carbocycles. The number of benzene rings is 1. The van der Waals surface area contributed by atoms with Gasteiger partial charge in [0.15, 0.2) is 11.6 Å². The molecule has 2 heterocycles. The normalized spacial score (nSPS) is 14.5. The maximum atomic E-state index is 13.4. The molecule has 0 bridgehead atoms. The van der Waals surface area contributed by atoms with Crippen molar-refractivity contribution in [3.63, 3.8) is 0 Å². The summed E-state index contributed by atoms with van der Waals surface area (Å²) < 4.78 is 28.9. The molecule has 2 aromatic rings. The number of nitrogens with one attached hydrogen (secondary N) is 1. The van der Waals surface area contributed by atoms with E-state index in [-0.39, 0.29) is 6.04 Å². The first-order valence-corrected chi connectivity index (χ1v) is 6.34. The summed E-state index contributed by atoms with van der Waals surface area (Å²) in [5, 5.41) is 4.15. The van der Waals surface area contributed by atoms with Crippen LogP contribution in [0.25, 0.3) is 10.9 Å². The number of hydrogen-bond donors (Lipinski definition) is 1. The van der Waals surface area contributed by atoms with E-state index in [4.69, 9.17) is 0 Å². The van der Waals surface area contributed by atoms with Crippen LogP contribution in [0.5, 0.6) is 0 Å². The molecule has 0 aliphatic carbocycles. The summed E-state index contributed by atoms with van der Waals surface area (Å²) in [6.45, 7) is 4.98. The highest BCUT2D eigenvalue weighted by Crippen LogP contribution is 2.36. The van der Waals surface area contributed by atoms with Crippen LogP contribution in [0.2, 0.25) is 0 Å². The number of anilines is 1. The van der Waals surface area contributed by atoms with Crippen LogP contribution in [0.3, 0.4) is 0 Å². The number of aromatic nitrogens is 1. The first-order valence-electron chi connectivity index (χ1n) is 6.34. The van der Waals surface area contributed by atoms with Crippen LogP contribution in [0.1, 0.15) is 26.0 Å².